The molecular weight excluding hydrogens is 608 g/mol. The number of aliphatic hydroxyl groups excluding tert-OH is 8. The second-order valence-electron chi connectivity index (χ2n) is 18.0. The van der Waals surface area contributed by atoms with Crippen LogP contribution in [-0.4, -0.2) is 109 Å². The number of fused-ring (bicyclic) bond motifs is 7. The monoisotopic (exact) mass is 666 g/mol. The molecule has 6 rings (SSSR count). The Morgan fingerprint density at radius 2 is 1.51 bits per heavy atom. The zero-order chi connectivity index (χ0) is 34.7. The van der Waals surface area contributed by atoms with Crippen molar-refractivity contribution in [3.05, 3.63) is 11.6 Å². The molecule has 47 heavy (non-hydrogen) atoms. The predicted molar refractivity (Wildman–Crippen MR) is 169 cm³/mol. The highest BCUT2D eigenvalue weighted by Gasteiger charge is 2.72. The lowest BCUT2D eigenvalue weighted by Crippen LogP contribution is -2.71. The number of hydrogen-bond donors (Lipinski definition) is 8. The van der Waals surface area contributed by atoms with Gasteiger partial charge in [-0.3, -0.25) is 4.79 Å². The van der Waals surface area contributed by atoms with Crippen LogP contribution in [0.5, 0.6) is 0 Å². The number of carbonyl (C=O) groups is 1. The molecule has 0 amide bonds. The van der Waals surface area contributed by atoms with Gasteiger partial charge in [0.25, 0.3) is 0 Å². The maximum absolute atomic E-state index is 14.4. The molecule has 5 fully saturated rings. The molecule has 268 valence electrons. The average molecular weight is 667 g/mol. The minimum atomic E-state index is -1.68. The van der Waals surface area contributed by atoms with E-state index in [1.165, 1.54) is 5.57 Å². The SMILES string of the molecule is CC1(C)CC[C@]2(C(=O)O[C@@H]3O[C@H](CO)[C@@H](O)[C@H](O)[C@H]3O)CC[C@]3(C)C(=CC[C@H]4[C@@]5(C)C[C@@H](O)[C@H](O)[C@@](C)(CO)[C@@H]5[C@H](O)C[C@]43C)[C@@H]2C1. The summed E-state index contributed by atoms with van der Waals surface area (Å²) < 4.78 is 11.5. The number of esters is 1. The van der Waals surface area contributed by atoms with Gasteiger partial charge in [-0.15, -0.1) is 0 Å². The van der Waals surface area contributed by atoms with Gasteiger partial charge in [-0.25, -0.2) is 0 Å². The molecule has 0 spiro atoms. The number of rotatable bonds is 4. The van der Waals surface area contributed by atoms with Crippen molar-refractivity contribution in [1.82, 2.24) is 0 Å². The van der Waals surface area contributed by atoms with Gasteiger partial charge in [0.2, 0.25) is 6.29 Å². The highest BCUT2D eigenvalue weighted by Crippen LogP contribution is 2.75. The highest BCUT2D eigenvalue weighted by atomic mass is 16.7. The summed E-state index contributed by atoms with van der Waals surface area (Å²) in [5, 5.41) is 85.8. The normalized spacial score (nSPS) is 55.4. The molecule has 0 unspecified atom stereocenters. The molecule has 11 heteroatoms. The second kappa shape index (κ2) is 11.4. The second-order valence-corrected chi connectivity index (χ2v) is 18.0. The van der Waals surface area contributed by atoms with Crippen LogP contribution in [0.3, 0.4) is 0 Å². The number of ether oxygens (including phenoxy) is 2. The molecule has 5 aliphatic carbocycles. The van der Waals surface area contributed by atoms with Crippen molar-refractivity contribution in [2.45, 2.75) is 142 Å². The van der Waals surface area contributed by atoms with Gasteiger partial charge >= 0.3 is 5.97 Å². The Morgan fingerprint density at radius 3 is 2.15 bits per heavy atom. The van der Waals surface area contributed by atoms with Crippen LogP contribution in [-0.2, 0) is 14.3 Å². The molecular formula is C36H58O11. The smallest absolute Gasteiger partial charge is 0.315 e. The summed E-state index contributed by atoms with van der Waals surface area (Å²) in [5.74, 6) is -1.09. The Morgan fingerprint density at radius 1 is 0.851 bits per heavy atom. The Hall–Kier alpha value is -1.15. The van der Waals surface area contributed by atoms with Gasteiger partial charge in [0.05, 0.1) is 36.9 Å². The Bertz CT molecular complexity index is 1270. The third-order valence-corrected chi connectivity index (χ3v) is 15.1. The van der Waals surface area contributed by atoms with Gasteiger partial charge in [-0.05, 0) is 84.9 Å². The van der Waals surface area contributed by atoms with Gasteiger partial charge in [0, 0.05) is 11.3 Å². The van der Waals surface area contributed by atoms with Crippen LogP contribution in [0.2, 0.25) is 0 Å². The Balaban J connectivity index is 1.38. The van der Waals surface area contributed by atoms with Crippen molar-refractivity contribution in [2.75, 3.05) is 13.2 Å². The van der Waals surface area contributed by atoms with Crippen LogP contribution in [0.15, 0.2) is 11.6 Å². The third-order valence-electron chi connectivity index (χ3n) is 15.1. The van der Waals surface area contributed by atoms with E-state index in [4.69, 9.17) is 9.47 Å². The summed E-state index contributed by atoms with van der Waals surface area (Å²) in [7, 11) is 0. The standard InChI is InChI=1S/C36H58O11/c1-31(2)9-11-36(30(45)47-29-26(43)25(42)24(41)22(16-37)46-29)12-10-34(5)18(19(36)13-31)7-8-23-32(3)14-21(40)28(44)33(4,17-38)27(32)20(39)15-35(23,34)6/h7,19-29,37-44H,8-17H2,1-6H3/t19-,20+,21+,22+,23-,24+,25-,26+,27+,28-,29-,32+,33-,34+,35+,36-/m0/s1. The van der Waals surface area contributed by atoms with Crippen LogP contribution >= 0.6 is 0 Å². The average Bonchev–Trinajstić information content (AvgIpc) is 3.00. The first kappa shape index (κ1) is 35.7. The van der Waals surface area contributed by atoms with Crippen molar-refractivity contribution in [1.29, 1.82) is 0 Å². The van der Waals surface area contributed by atoms with E-state index in [2.05, 4.69) is 40.7 Å². The van der Waals surface area contributed by atoms with Crippen LogP contribution in [0.25, 0.3) is 0 Å². The minimum absolute atomic E-state index is 0.0374. The zero-order valence-corrected chi connectivity index (χ0v) is 28.8. The van der Waals surface area contributed by atoms with Crippen LogP contribution < -0.4 is 0 Å². The first-order valence-electron chi connectivity index (χ1n) is 17.6. The lowest BCUT2D eigenvalue weighted by Gasteiger charge is -2.72. The largest absolute Gasteiger partial charge is 0.432 e. The van der Waals surface area contributed by atoms with E-state index in [9.17, 15) is 45.6 Å². The summed E-state index contributed by atoms with van der Waals surface area (Å²) in [6.07, 6.45) is -3.65. The van der Waals surface area contributed by atoms with Gasteiger partial charge in [-0.2, -0.15) is 0 Å². The van der Waals surface area contributed by atoms with E-state index in [0.717, 1.165) is 12.8 Å². The van der Waals surface area contributed by atoms with Gasteiger partial charge in [0.15, 0.2) is 0 Å². The summed E-state index contributed by atoms with van der Waals surface area (Å²) >= 11 is 0. The predicted octanol–water partition coefficient (Wildman–Crippen LogP) is 1.41. The molecule has 1 aliphatic heterocycles. The molecule has 1 saturated heterocycles. The van der Waals surface area contributed by atoms with Gasteiger partial charge in [-0.1, -0.05) is 53.2 Å². The minimum Gasteiger partial charge on any atom is -0.432 e. The quantitative estimate of drug-likeness (QED) is 0.160. The van der Waals surface area contributed by atoms with E-state index < -0.39 is 94.6 Å². The van der Waals surface area contributed by atoms with E-state index >= 15 is 0 Å². The molecule has 0 bridgehead atoms. The van der Waals surface area contributed by atoms with Gasteiger partial charge < -0.3 is 50.3 Å². The van der Waals surface area contributed by atoms with E-state index in [1.807, 2.05) is 0 Å². The molecule has 0 aromatic heterocycles. The van der Waals surface area contributed by atoms with E-state index in [-0.39, 0.29) is 23.9 Å². The maximum Gasteiger partial charge on any atom is 0.315 e. The summed E-state index contributed by atoms with van der Waals surface area (Å²) in [6.45, 7) is 11.8. The van der Waals surface area contributed by atoms with Crippen LogP contribution in [0.1, 0.15) is 92.9 Å². The molecule has 4 saturated carbocycles. The lowest BCUT2D eigenvalue weighted by molar-refractivity contribution is -0.298. The molecule has 11 nitrogen and oxygen atoms in total. The summed E-state index contributed by atoms with van der Waals surface area (Å²) in [4.78, 5) is 14.4. The fourth-order valence-corrected chi connectivity index (χ4v) is 12.3. The molecule has 6 aliphatic rings. The zero-order valence-electron chi connectivity index (χ0n) is 28.8. The first-order valence-corrected chi connectivity index (χ1v) is 17.6. The Labute approximate surface area is 278 Å². The van der Waals surface area contributed by atoms with Crippen molar-refractivity contribution < 1.29 is 55.1 Å². The molecule has 0 aromatic rings. The molecule has 1 heterocycles. The number of allylic oxidation sites excluding steroid dienone is 2. The fraction of sp³-hybridized carbons (Fsp3) is 0.917. The van der Waals surface area contributed by atoms with Crippen molar-refractivity contribution in [3.8, 4) is 0 Å². The van der Waals surface area contributed by atoms with Crippen molar-refractivity contribution in [3.63, 3.8) is 0 Å². The number of hydrogen-bond acceptors (Lipinski definition) is 11. The number of carbonyl (C=O) groups excluding carboxylic acids is 1. The third kappa shape index (κ3) is 4.81. The molecule has 0 radical (unpaired) electrons. The van der Waals surface area contributed by atoms with E-state index in [1.54, 1.807) is 6.92 Å². The maximum atomic E-state index is 14.4. The Kier molecular flexibility index (Phi) is 8.68. The topological polar surface area (TPSA) is 197 Å². The number of aliphatic hydroxyl groups is 8. The fourth-order valence-electron chi connectivity index (χ4n) is 12.3. The first-order chi connectivity index (χ1) is 21.8. The molecule has 8 N–H and O–H groups in total. The van der Waals surface area contributed by atoms with Gasteiger partial charge in [0.1, 0.15) is 24.4 Å². The van der Waals surface area contributed by atoms with E-state index in [0.29, 0.717) is 38.5 Å². The van der Waals surface area contributed by atoms with Crippen molar-refractivity contribution >= 4 is 5.97 Å². The highest BCUT2D eigenvalue weighted by molar-refractivity contribution is 5.79. The molecule has 16 atom stereocenters. The van der Waals surface area contributed by atoms with Crippen LogP contribution in [0.4, 0.5) is 0 Å². The van der Waals surface area contributed by atoms with Crippen molar-refractivity contribution in [2.24, 2.45) is 50.2 Å². The lowest BCUT2D eigenvalue weighted by atomic mass is 9.33. The summed E-state index contributed by atoms with van der Waals surface area (Å²) in [6, 6.07) is 0. The summed E-state index contributed by atoms with van der Waals surface area (Å²) in [5.41, 5.74) is -2.27. The van der Waals surface area contributed by atoms with Crippen LogP contribution in [0, 0.1) is 50.2 Å². The molecule has 0 aromatic carbocycles.